The first-order chi connectivity index (χ1) is 9.52. The van der Waals surface area contributed by atoms with Gasteiger partial charge in [0, 0.05) is 10.0 Å². The Balaban J connectivity index is 2.43. The number of benzene rings is 2. The lowest BCUT2D eigenvalue weighted by molar-refractivity contribution is 0.337. The molecule has 0 N–H and O–H groups in total. The second-order valence-corrected chi connectivity index (χ2v) is 5.84. The highest BCUT2D eigenvalue weighted by Crippen LogP contribution is 2.37. The second-order valence-electron chi connectivity index (χ2n) is 4.49. The van der Waals surface area contributed by atoms with E-state index < -0.39 is 5.38 Å². The number of hydrogen-bond acceptors (Lipinski definition) is 1. The molecule has 0 bridgehead atoms. The fourth-order valence-electron chi connectivity index (χ4n) is 1.95. The second kappa shape index (κ2) is 6.59. The molecule has 0 spiro atoms. The number of halogens is 3. The van der Waals surface area contributed by atoms with Gasteiger partial charge in [0.2, 0.25) is 0 Å². The van der Waals surface area contributed by atoms with Crippen LogP contribution in [0.3, 0.4) is 0 Å². The van der Waals surface area contributed by atoms with Crippen LogP contribution in [0.5, 0.6) is 5.75 Å². The van der Waals surface area contributed by atoms with Crippen LogP contribution >= 0.6 is 27.5 Å². The van der Waals surface area contributed by atoms with Gasteiger partial charge in [-0.3, -0.25) is 0 Å². The molecule has 0 heterocycles. The first kappa shape index (κ1) is 15.3. The lowest BCUT2D eigenvalue weighted by atomic mass is 10.0. The minimum atomic E-state index is -0.454. The lowest BCUT2D eigenvalue weighted by Gasteiger charge is -2.16. The number of rotatable bonds is 4. The van der Waals surface area contributed by atoms with Crippen molar-refractivity contribution in [3.05, 3.63) is 63.4 Å². The third-order valence-electron chi connectivity index (χ3n) is 3.03. The van der Waals surface area contributed by atoms with Crippen LogP contribution in [0.15, 0.2) is 40.9 Å². The molecule has 0 aliphatic carbocycles. The Morgan fingerprint density at radius 3 is 2.65 bits per heavy atom. The van der Waals surface area contributed by atoms with Crippen LogP contribution in [0, 0.1) is 12.7 Å². The molecule has 0 saturated carbocycles. The Kier molecular flexibility index (Phi) is 5.06. The maximum atomic E-state index is 13.7. The SMILES string of the molecule is CCOc1ccc(Br)cc1C(Cl)c1ccc(C)c(F)c1. The Hall–Kier alpha value is -1.06. The highest BCUT2D eigenvalue weighted by Gasteiger charge is 2.17. The highest BCUT2D eigenvalue weighted by molar-refractivity contribution is 9.10. The predicted octanol–water partition coefficient (Wildman–Crippen LogP) is 5.62. The summed E-state index contributed by atoms with van der Waals surface area (Å²) in [4.78, 5) is 0. The van der Waals surface area contributed by atoms with Gasteiger partial charge in [0.1, 0.15) is 11.6 Å². The van der Waals surface area contributed by atoms with E-state index in [0.717, 1.165) is 15.8 Å². The van der Waals surface area contributed by atoms with Gasteiger partial charge in [-0.15, -0.1) is 11.6 Å². The van der Waals surface area contributed by atoms with Crippen molar-refractivity contribution in [1.82, 2.24) is 0 Å². The normalized spacial score (nSPS) is 12.2. The lowest BCUT2D eigenvalue weighted by Crippen LogP contribution is -2.01. The zero-order chi connectivity index (χ0) is 14.7. The summed E-state index contributed by atoms with van der Waals surface area (Å²) in [5.74, 6) is 0.470. The Morgan fingerprint density at radius 1 is 1.25 bits per heavy atom. The van der Waals surface area contributed by atoms with Crippen LogP contribution in [0.25, 0.3) is 0 Å². The summed E-state index contributed by atoms with van der Waals surface area (Å²) in [6, 6.07) is 10.7. The molecule has 106 valence electrons. The van der Waals surface area contributed by atoms with Gasteiger partial charge < -0.3 is 4.74 Å². The van der Waals surface area contributed by atoms with E-state index in [-0.39, 0.29) is 5.82 Å². The van der Waals surface area contributed by atoms with Gasteiger partial charge in [-0.1, -0.05) is 28.1 Å². The maximum absolute atomic E-state index is 13.7. The van der Waals surface area contributed by atoms with E-state index in [1.165, 1.54) is 6.07 Å². The zero-order valence-corrected chi connectivity index (χ0v) is 13.6. The zero-order valence-electron chi connectivity index (χ0n) is 11.3. The minimum Gasteiger partial charge on any atom is -0.494 e. The van der Waals surface area contributed by atoms with Gasteiger partial charge in [0.05, 0.1) is 12.0 Å². The average molecular weight is 358 g/mol. The molecular weight excluding hydrogens is 343 g/mol. The third-order valence-corrected chi connectivity index (χ3v) is 4.01. The molecule has 1 unspecified atom stereocenters. The summed E-state index contributed by atoms with van der Waals surface area (Å²) in [6.07, 6.45) is 0. The van der Waals surface area contributed by atoms with Gasteiger partial charge >= 0.3 is 0 Å². The standard InChI is InChI=1S/C16H15BrClFO/c1-3-20-15-7-6-12(17)9-13(15)16(18)11-5-4-10(2)14(19)8-11/h4-9,16H,3H2,1-2H3. The van der Waals surface area contributed by atoms with Crippen LogP contribution in [0.4, 0.5) is 4.39 Å². The first-order valence-corrected chi connectivity index (χ1v) is 7.58. The molecule has 0 amide bonds. The van der Waals surface area contributed by atoms with Crippen molar-refractivity contribution in [2.75, 3.05) is 6.61 Å². The van der Waals surface area contributed by atoms with E-state index in [1.807, 2.05) is 31.2 Å². The Morgan fingerprint density at radius 2 is 2.00 bits per heavy atom. The average Bonchev–Trinajstić information content (AvgIpc) is 2.43. The molecule has 0 radical (unpaired) electrons. The van der Waals surface area contributed by atoms with Crippen LogP contribution in [0.2, 0.25) is 0 Å². The van der Waals surface area contributed by atoms with Gasteiger partial charge in [-0.2, -0.15) is 0 Å². The Labute approximate surface area is 131 Å². The van der Waals surface area contributed by atoms with Crippen molar-refractivity contribution in [2.45, 2.75) is 19.2 Å². The summed E-state index contributed by atoms with van der Waals surface area (Å²) in [5.41, 5.74) is 2.15. The van der Waals surface area contributed by atoms with E-state index in [0.29, 0.717) is 17.7 Å². The molecule has 0 fully saturated rings. The van der Waals surface area contributed by atoms with Crippen molar-refractivity contribution in [3.8, 4) is 5.75 Å². The van der Waals surface area contributed by atoms with E-state index in [9.17, 15) is 4.39 Å². The monoisotopic (exact) mass is 356 g/mol. The molecule has 4 heteroatoms. The van der Waals surface area contributed by atoms with Crippen molar-refractivity contribution in [2.24, 2.45) is 0 Å². The van der Waals surface area contributed by atoms with E-state index >= 15 is 0 Å². The van der Waals surface area contributed by atoms with Crippen molar-refractivity contribution < 1.29 is 9.13 Å². The van der Waals surface area contributed by atoms with Crippen molar-refractivity contribution >= 4 is 27.5 Å². The number of hydrogen-bond donors (Lipinski definition) is 0. The molecule has 2 aromatic rings. The summed E-state index contributed by atoms with van der Waals surface area (Å²) >= 11 is 9.93. The summed E-state index contributed by atoms with van der Waals surface area (Å²) in [7, 11) is 0. The van der Waals surface area contributed by atoms with Gasteiger partial charge in [0.15, 0.2) is 0 Å². The quantitative estimate of drug-likeness (QED) is 0.645. The van der Waals surface area contributed by atoms with Crippen LogP contribution in [-0.4, -0.2) is 6.61 Å². The molecule has 2 aromatic carbocycles. The summed E-state index contributed by atoms with van der Waals surface area (Å²) in [5, 5.41) is -0.454. The molecule has 1 nitrogen and oxygen atoms in total. The van der Waals surface area contributed by atoms with E-state index in [4.69, 9.17) is 16.3 Å². The molecule has 1 atom stereocenters. The molecule has 20 heavy (non-hydrogen) atoms. The summed E-state index contributed by atoms with van der Waals surface area (Å²) < 4.78 is 20.2. The van der Waals surface area contributed by atoms with E-state index in [2.05, 4.69) is 15.9 Å². The van der Waals surface area contributed by atoms with Crippen LogP contribution in [0.1, 0.15) is 29.0 Å². The maximum Gasteiger partial charge on any atom is 0.126 e. The number of ether oxygens (including phenoxy) is 1. The molecule has 0 aromatic heterocycles. The predicted molar refractivity (Wildman–Crippen MR) is 84.1 cm³/mol. The number of alkyl halides is 1. The molecule has 2 rings (SSSR count). The highest BCUT2D eigenvalue weighted by atomic mass is 79.9. The minimum absolute atomic E-state index is 0.249. The Bertz CT molecular complexity index is 615. The smallest absolute Gasteiger partial charge is 0.126 e. The van der Waals surface area contributed by atoms with Crippen molar-refractivity contribution in [1.29, 1.82) is 0 Å². The fraction of sp³-hybridized carbons (Fsp3) is 0.250. The van der Waals surface area contributed by atoms with Crippen molar-refractivity contribution in [3.63, 3.8) is 0 Å². The van der Waals surface area contributed by atoms with E-state index in [1.54, 1.807) is 13.0 Å². The molecule has 0 aliphatic rings. The van der Waals surface area contributed by atoms with Gasteiger partial charge in [-0.05, 0) is 49.2 Å². The van der Waals surface area contributed by atoms with Gasteiger partial charge in [-0.25, -0.2) is 4.39 Å². The van der Waals surface area contributed by atoms with Gasteiger partial charge in [0.25, 0.3) is 0 Å². The van der Waals surface area contributed by atoms with Crippen LogP contribution in [-0.2, 0) is 0 Å². The molecule has 0 saturated heterocycles. The molecular formula is C16H15BrClFO. The fourth-order valence-corrected chi connectivity index (χ4v) is 2.64. The largest absolute Gasteiger partial charge is 0.494 e. The first-order valence-electron chi connectivity index (χ1n) is 6.35. The van der Waals surface area contributed by atoms with Crippen LogP contribution < -0.4 is 4.74 Å². The summed E-state index contributed by atoms with van der Waals surface area (Å²) in [6.45, 7) is 4.20. The topological polar surface area (TPSA) is 9.23 Å². The molecule has 0 aliphatic heterocycles. The third kappa shape index (κ3) is 3.33. The number of aryl methyl sites for hydroxylation is 1.